The number of Topliss-reactive ketones (excluding diaryl/α,β-unsaturated/α-hetero) is 1. The van der Waals surface area contributed by atoms with Gasteiger partial charge in [-0.25, -0.2) is 4.98 Å². The molecule has 1 aromatic carbocycles. The molecule has 1 aliphatic heterocycles. The molecule has 26 heavy (non-hydrogen) atoms. The molecule has 0 radical (unpaired) electrons. The Morgan fingerprint density at radius 3 is 2.77 bits per heavy atom. The van der Waals surface area contributed by atoms with E-state index in [0.717, 1.165) is 46.1 Å². The van der Waals surface area contributed by atoms with Crippen LogP contribution in [-0.4, -0.2) is 27.2 Å². The number of nitrogens with zero attached hydrogens (tertiary/aromatic N) is 2. The van der Waals surface area contributed by atoms with E-state index >= 15 is 0 Å². The van der Waals surface area contributed by atoms with Crippen LogP contribution in [0.2, 0.25) is 0 Å². The van der Waals surface area contributed by atoms with Gasteiger partial charge in [-0.05, 0) is 19.1 Å². The highest BCUT2D eigenvalue weighted by atomic mass is 32.1. The van der Waals surface area contributed by atoms with E-state index in [-0.39, 0.29) is 11.3 Å². The molecule has 0 bridgehead atoms. The predicted molar refractivity (Wildman–Crippen MR) is 102 cm³/mol. The number of aromatic nitrogens is 2. The van der Waals surface area contributed by atoms with Crippen LogP contribution in [0, 0.1) is 0 Å². The van der Waals surface area contributed by atoms with E-state index in [4.69, 9.17) is 0 Å². The Kier molecular flexibility index (Phi) is 4.53. The highest BCUT2D eigenvalue weighted by Crippen LogP contribution is 2.23. The topological polar surface area (TPSA) is 66.1 Å². The zero-order valence-corrected chi connectivity index (χ0v) is 15.3. The van der Waals surface area contributed by atoms with E-state index in [2.05, 4.69) is 14.9 Å². The first-order valence-corrected chi connectivity index (χ1v) is 9.41. The molecule has 0 unspecified atom stereocenters. The quantitative estimate of drug-likeness (QED) is 0.721. The molecule has 1 N–H and O–H groups in total. The molecule has 6 heteroatoms. The summed E-state index contributed by atoms with van der Waals surface area (Å²) < 4.78 is 0. The highest BCUT2D eigenvalue weighted by molar-refractivity contribution is 7.14. The van der Waals surface area contributed by atoms with Gasteiger partial charge < -0.3 is 4.98 Å². The van der Waals surface area contributed by atoms with Crippen molar-refractivity contribution in [1.82, 2.24) is 14.9 Å². The number of H-pyrrole nitrogens is 1. The van der Waals surface area contributed by atoms with Crippen LogP contribution in [0.25, 0.3) is 11.4 Å². The van der Waals surface area contributed by atoms with Gasteiger partial charge in [-0.15, -0.1) is 11.3 Å². The summed E-state index contributed by atoms with van der Waals surface area (Å²) in [6.07, 6.45) is 0.754. The first-order valence-electron chi connectivity index (χ1n) is 8.59. The molecular weight excluding hydrogens is 346 g/mol. The zero-order valence-electron chi connectivity index (χ0n) is 14.5. The fraction of sp³-hybridized carbons (Fsp3) is 0.250. The fourth-order valence-electron chi connectivity index (χ4n) is 3.22. The molecule has 0 saturated heterocycles. The van der Waals surface area contributed by atoms with E-state index in [9.17, 15) is 9.59 Å². The number of aromatic amines is 1. The van der Waals surface area contributed by atoms with E-state index in [1.807, 2.05) is 42.5 Å². The van der Waals surface area contributed by atoms with Gasteiger partial charge >= 0.3 is 0 Å². The molecule has 0 spiro atoms. The second kappa shape index (κ2) is 6.97. The van der Waals surface area contributed by atoms with Gasteiger partial charge in [0.05, 0.1) is 16.1 Å². The molecule has 0 aliphatic carbocycles. The smallest absolute Gasteiger partial charge is 0.255 e. The summed E-state index contributed by atoms with van der Waals surface area (Å²) in [6.45, 7) is 3.77. The Labute approximate surface area is 155 Å². The highest BCUT2D eigenvalue weighted by Gasteiger charge is 2.22. The average molecular weight is 365 g/mol. The normalized spacial score (nSPS) is 14.2. The molecule has 4 rings (SSSR count). The molecule has 0 saturated carbocycles. The number of ketones is 1. The van der Waals surface area contributed by atoms with E-state index in [0.29, 0.717) is 12.4 Å². The van der Waals surface area contributed by atoms with Crippen LogP contribution in [0.4, 0.5) is 0 Å². The van der Waals surface area contributed by atoms with Crippen LogP contribution >= 0.6 is 11.3 Å². The summed E-state index contributed by atoms with van der Waals surface area (Å²) in [5.41, 5.74) is 2.50. The summed E-state index contributed by atoms with van der Waals surface area (Å²) in [6, 6.07) is 13.6. The Morgan fingerprint density at radius 2 is 2.04 bits per heavy atom. The van der Waals surface area contributed by atoms with Gasteiger partial charge in [0.15, 0.2) is 5.78 Å². The van der Waals surface area contributed by atoms with Crippen molar-refractivity contribution in [3.8, 4) is 11.4 Å². The number of carbonyl (C=O) groups excluding carboxylic acids is 1. The molecule has 0 fully saturated rings. The lowest BCUT2D eigenvalue weighted by Gasteiger charge is -2.27. The van der Waals surface area contributed by atoms with Gasteiger partial charge in [-0.3, -0.25) is 14.5 Å². The summed E-state index contributed by atoms with van der Waals surface area (Å²) in [5.74, 6) is 0.728. The Hall–Kier alpha value is -2.57. The van der Waals surface area contributed by atoms with Gasteiger partial charge in [0, 0.05) is 36.5 Å². The SMILES string of the molecule is CC(=O)c1ccc(CN2CCc3nc(-c4ccccc4)[nH]c(=O)c3C2)s1. The monoisotopic (exact) mass is 365 g/mol. The van der Waals surface area contributed by atoms with Crippen LogP contribution in [0.3, 0.4) is 0 Å². The minimum atomic E-state index is -0.0610. The van der Waals surface area contributed by atoms with Crippen molar-refractivity contribution in [2.45, 2.75) is 26.4 Å². The third-order valence-corrected chi connectivity index (χ3v) is 5.75. The van der Waals surface area contributed by atoms with Crippen LogP contribution in [-0.2, 0) is 19.5 Å². The number of hydrogen-bond donors (Lipinski definition) is 1. The van der Waals surface area contributed by atoms with Gasteiger partial charge in [0.1, 0.15) is 5.82 Å². The second-order valence-corrected chi connectivity index (χ2v) is 7.66. The number of thiophene rings is 1. The van der Waals surface area contributed by atoms with Gasteiger partial charge in [-0.1, -0.05) is 30.3 Å². The average Bonchev–Trinajstić information content (AvgIpc) is 3.12. The van der Waals surface area contributed by atoms with Crippen molar-refractivity contribution in [3.63, 3.8) is 0 Å². The number of nitrogens with one attached hydrogen (secondary N) is 1. The zero-order chi connectivity index (χ0) is 18.1. The number of rotatable bonds is 4. The molecular formula is C20H19N3O2S. The third-order valence-electron chi connectivity index (χ3n) is 4.58. The predicted octanol–water partition coefficient (Wildman–Crippen LogP) is 3.26. The van der Waals surface area contributed by atoms with E-state index < -0.39 is 0 Å². The number of benzene rings is 1. The summed E-state index contributed by atoms with van der Waals surface area (Å²) in [7, 11) is 0. The Balaban J connectivity index is 1.55. The second-order valence-electron chi connectivity index (χ2n) is 6.49. The molecule has 1 aliphatic rings. The molecule has 132 valence electrons. The number of carbonyl (C=O) groups is 1. The first-order chi connectivity index (χ1) is 12.6. The van der Waals surface area contributed by atoms with Crippen molar-refractivity contribution < 1.29 is 4.79 Å². The summed E-state index contributed by atoms with van der Waals surface area (Å²) >= 11 is 1.53. The number of fused-ring (bicyclic) bond motifs is 1. The van der Waals surface area contributed by atoms with Crippen molar-refractivity contribution in [2.24, 2.45) is 0 Å². The van der Waals surface area contributed by atoms with Crippen molar-refractivity contribution in [3.05, 3.63) is 73.8 Å². The molecule has 5 nitrogen and oxygen atoms in total. The van der Waals surface area contributed by atoms with Crippen LogP contribution < -0.4 is 5.56 Å². The Bertz CT molecular complexity index is 1010. The van der Waals surface area contributed by atoms with Crippen LogP contribution in [0.15, 0.2) is 47.3 Å². The fourth-order valence-corrected chi connectivity index (χ4v) is 4.17. The van der Waals surface area contributed by atoms with Gasteiger partial charge in [0.2, 0.25) is 0 Å². The lowest BCUT2D eigenvalue weighted by atomic mass is 10.1. The molecule has 0 amide bonds. The van der Waals surface area contributed by atoms with Crippen LogP contribution in [0.5, 0.6) is 0 Å². The maximum absolute atomic E-state index is 12.6. The van der Waals surface area contributed by atoms with Gasteiger partial charge in [0.25, 0.3) is 5.56 Å². The largest absolute Gasteiger partial charge is 0.306 e. The molecule has 3 heterocycles. The first kappa shape index (κ1) is 16.9. The maximum Gasteiger partial charge on any atom is 0.255 e. The molecule has 2 aromatic heterocycles. The molecule has 3 aromatic rings. The minimum Gasteiger partial charge on any atom is -0.306 e. The molecule has 0 atom stereocenters. The Morgan fingerprint density at radius 1 is 1.23 bits per heavy atom. The third kappa shape index (κ3) is 3.38. The van der Waals surface area contributed by atoms with E-state index in [1.54, 1.807) is 6.92 Å². The van der Waals surface area contributed by atoms with Crippen molar-refractivity contribution in [2.75, 3.05) is 6.54 Å². The lowest BCUT2D eigenvalue weighted by Crippen LogP contribution is -2.35. The minimum absolute atomic E-state index is 0.0610. The summed E-state index contributed by atoms with van der Waals surface area (Å²) in [4.78, 5) is 35.8. The van der Waals surface area contributed by atoms with Crippen LogP contribution in [0.1, 0.15) is 32.7 Å². The van der Waals surface area contributed by atoms with Gasteiger partial charge in [-0.2, -0.15) is 0 Å². The van der Waals surface area contributed by atoms with Crippen molar-refractivity contribution >= 4 is 17.1 Å². The van der Waals surface area contributed by atoms with Crippen molar-refractivity contribution in [1.29, 1.82) is 0 Å². The maximum atomic E-state index is 12.6. The number of hydrogen-bond acceptors (Lipinski definition) is 5. The standard InChI is InChI=1S/C20H19N3O2S/c1-13(24)18-8-7-15(26-18)11-23-10-9-17-16(12-23)20(25)22-19(21-17)14-5-3-2-4-6-14/h2-8H,9-12H2,1H3,(H,21,22,25). The summed E-state index contributed by atoms with van der Waals surface area (Å²) in [5, 5.41) is 0. The van der Waals surface area contributed by atoms with E-state index in [1.165, 1.54) is 11.3 Å². The lowest BCUT2D eigenvalue weighted by molar-refractivity contribution is 0.102.